The number of carbonyl (C=O) groups excluding carboxylic acids is 1. The average molecular weight is 363 g/mol. The minimum atomic E-state index is -0.767. The van der Waals surface area contributed by atoms with Crippen LogP contribution in [0.2, 0.25) is 0 Å². The molecule has 1 fully saturated rings. The second kappa shape index (κ2) is 8.01. The van der Waals surface area contributed by atoms with Crippen molar-refractivity contribution >= 4 is 5.91 Å². The van der Waals surface area contributed by atoms with Crippen molar-refractivity contribution in [1.82, 2.24) is 15.0 Å². The fraction of sp³-hybridized carbons (Fsp3) is 0.611. The number of rotatable bonds is 7. The third kappa shape index (κ3) is 4.13. The van der Waals surface area contributed by atoms with E-state index in [-0.39, 0.29) is 11.8 Å². The monoisotopic (exact) mass is 363 g/mol. The summed E-state index contributed by atoms with van der Waals surface area (Å²) in [6, 6.07) is 3.50. The van der Waals surface area contributed by atoms with Crippen molar-refractivity contribution in [2.45, 2.75) is 38.2 Å². The summed E-state index contributed by atoms with van der Waals surface area (Å²) in [6.45, 7) is 3.58. The minimum Gasteiger partial charge on any atom is -0.461 e. The Morgan fingerprint density at radius 3 is 3.08 bits per heavy atom. The van der Waals surface area contributed by atoms with Gasteiger partial charge in [-0.05, 0) is 25.0 Å². The van der Waals surface area contributed by atoms with E-state index in [1.807, 2.05) is 6.92 Å². The highest BCUT2D eigenvalue weighted by Crippen LogP contribution is 2.31. The lowest BCUT2D eigenvalue weighted by Crippen LogP contribution is -2.52. The lowest BCUT2D eigenvalue weighted by atomic mass is 9.80. The molecule has 0 bridgehead atoms. The molecule has 0 saturated carbocycles. The number of aliphatic hydroxyl groups is 1. The maximum absolute atomic E-state index is 12.5. The third-order valence-corrected chi connectivity index (χ3v) is 5.08. The number of ether oxygens (including phenoxy) is 1. The predicted molar refractivity (Wildman–Crippen MR) is 92.1 cm³/mol. The van der Waals surface area contributed by atoms with E-state index in [1.54, 1.807) is 30.4 Å². The summed E-state index contributed by atoms with van der Waals surface area (Å²) >= 11 is 0. The fourth-order valence-electron chi connectivity index (χ4n) is 3.28. The fourth-order valence-corrected chi connectivity index (χ4v) is 3.28. The molecule has 1 aliphatic rings. The topological polar surface area (TPSA) is 102 Å². The number of carbonyl (C=O) groups is 1. The molecular weight excluding hydrogens is 338 g/mol. The molecule has 0 aromatic carbocycles. The Morgan fingerprint density at radius 2 is 2.38 bits per heavy atom. The predicted octanol–water partition coefficient (Wildman–Crippen LogP) is 1.90. The van der Waals surface area contributed by atoms with Crippen molar-refractivity contribution in [3.63, 3.8) is 0 Å². The Hall–Kier alpha value is -2.19. The Balaban J connectivity index is 1.50. The van der Waals surface area contributed by atoms with E-state index in [2.05, 4.69) is 10.1 Å². The molecule has 2 aromatic heterocycles. The summed E-state index contributed by atoms with van der Waals surface area (Å²) in [5.41, 5.74) is -0.767. The van der Waals surface area contributed by atoms with Gasteiger partial charge in [0.25, 0.3) is 0 Å². The van der Waals surface area contributed by atoms with Gasteiger partial charge in [-0.25, -0.2) is 0 Å². The smallest absolute Gasteiger partial charge is 0.238 e. The molecule has 0 unspecified atom stereocenters. The zero-order chi connectivity index (χ0) is 18.6. The second-order valence-corrected chi connectivity index (χ2v) is 6.83. The zero-order valence-corrected chi connectivity index (χ0v) is 15.2. The standard InChI is InChI=1S/C18H25N3O5/c1-13-12-21(9-7-18(13,23)8-11-24-2)16(22)6-5-15-19-17(20-26-15)14-4-3-10-25-14/h3-4,10,13,23H,5-9,11-12H2,1-2H3/t13-,18-/m1/s1. The normalized spacial score (nSPS) is 23.3. The molecule has 3 rings (SSSR count). The summed E-state index contributed by atoms with van der Waals surface area (Å²) in [5, 5.41) is 14.6. The van der Waals surface area contributed by atoms with E-state index in [0.29, 0.717) is 62.9 Å². The van der Waals surface area contributed by atoms with Crippen LogP contribution in [0.15, 0.2) is 27.3 Å². The highest BCUT2D eigenvalue weighted by Gasteiger charge is 2.39. The Labute approximate surface area is 152 Å². The Bertz CT molecular complexity index is 714. The number of piperidine rings is 1. The van der Waals surface area contributed by atoms with Crippen molar-refractivity contribution in [2.24, 2.45) is 5.92 Å². The molecule has 0 spiro atoms. The number of hydrogen-bond acceptors (Lipinski definition) is 7. The van der Waals surface area contributed by atoms with E-state index in [1.165, 1.54) is 0 Å². The third-order valence-electron chi connectivity index (χ3n) is 5.08. The molecule has 1 N–H and O–H groups in total. The number of likely N-dealkylation sites (tertiary alicyclic amines) is 1. The first-order valence-electron chi connectivity index (χ1n) is 8.87. The van der Waals surface area contributed by atoms with E-state index in [0.717, 1.165) is 0 Å². The molecule has 2 aromatic rings. The number of hydrogen-bond donors (Lipinski definition) is 1. The minimum absolute atomic E-state index is 0.00399. The first kappa shape index (κ1) is 18.6. The highest BCUT2D eigenvalue weighted by atomic mass is 16.5. The zero-order valence-electron chi connectivity index (χ0n) is 15.2. The van der Waals surface area contributed by atoms with Crippen molar-refractivity contribution in [3.05, 3.63) is 24.3 Å². The van der Waals surface area contributed by atoms with Crippen LogP contribution in [0.25, 0.3) is 11.6 Å². The second-order valence-electron chi connectivity index (χ2n) is 6.83. The van der Waals surface area contributed by atoms with Gasteiger partial charge in [-0.2, -0.15) is 4.98 Å². The van der Waals surface area contributed by atoms with Crippen LogP contribution < -0.4 is 0 Å². The van der Waals surface area contributed by atoms with Gasteiger partial charge in [0.15, 0.2) is 5.76 Å². The van der Waals surface area contributed by atoms with Gasteiger partial charge >= 0.3 is 0 Å². The summed E-state index contributed by atoms with van der Waals surface area (Å²) in [5.74, 6) is 1.36. The van der Waals surface area contributed by atoms with Gasteiger partial charge in [-0.15, -0.1) is 0 Å². The summed E-state index contributed by atoms with van der Waals surface area (Å²) in [6.07, 6.45) is 3.37. The van der Waals surface area contributed by atoms with Gasteiger partial charge in [-0.1, -0.05) is 12.1 Å². The molecule has 8 nitrogen and oxygen atoms in total. The van der Waals surface area contributed by atoms with Crippen LogP contribution in [0.5, 0.6) is 0 Å². The lowest BCUT2D eigenvalue weighted by Gasteiger charge is -2.43. The van der Waals surface area contributed by atoms with Crippen LogP contribution in [0.3, 0.4) is 0 Å². The van der Waals surface area contributed by atoms with Crippen molar-refractivity contribution in [3.8, 4) is 11.6 Å². The highest BCUT2D eigenvalue weighted by molar-refractivity contribution is 5.76. The molecule has 142 valence electrons. The molecule has 0 radical (unpaired) electrons. The molecule has 1 saturated heterocycles. The SMILES string of the molecule is COCC[C@]1(O)CCN(C(=O)CCc2nc(-c3ccco3)no2)C[C@H]1C. The molecule has 26 heavy (non-hydrogen) atoms. The molecular formula is C18H25N3O5. The Morgan fingerprint density at radius 1 is 1.54 bits per heavy atom. The van der Waals surface area contributed by atoms with Crippen LogP contribution >= 0.6 is 0 Å². The van der Waals surface area contributed by atoms with Crippen molar-refractivity contribution in [1.29, 1.82) is 0 Å². The van der Waals surface area contributed by atoms with Gasteiger partial charge in [0, 0.05) is 45.6 Å². The maximum atomic E-state index is 12.5. The first-order chi connectivity index (χ1) is 12.5. The molecule has 1 amide bonds. The van der Waals surface area contributed by atoms with Gasteiger partial charge in [0.1, 0.15) is 0 Å². The van der Waals surface area contributed by atoms with E-state index in [9.17, 15) is 9.90 Å². The Kier molecular flexibility index (Phi) is 5.73. The molecule has 3 heterocycles. The number of aromatic nitrogens is 2. The van der Waals surface area contributed by atoms with E-state index < -0.39 is 5.60 Å². The summed E-state index contributed by atoms with van der Waals surface area (Å²) in [4.78, 5) is 18.5. The number of methoxy groups -OCH3 is 1. The first-order valence-corrected chi connectivity index (χ1v) is 8.87. The van der Waals surface area contributed by atoms with E-state index >= 15 is 0 Å². The van der Waals surface area contributed by atoms with Crippen molar-refractivity contribution < 1.29 is 23.6 Å². The maximum Gasteiger partial charge on any atom is 0.238 e. The van der Waals surface area contributed by atoms with Crippen molar-refractivity contribution in [2.75, 3.05) is 26.8 Å². The lowest BCUT2D eigenvalue weighted by molar-refractivity contribution is -0.140. The van der Waals surface area contributed by atoms with E-state index in [4.69, 9.17) is 13.7 Å². The van der Waals surface area contributed by atoms with Crippen LogP contribution in [-0.2, 0) is 16.0 Å². The van der Waals surface area contributed by atoms with Crippen LogP contribution in [-0.4, -0.2) is 58.5 Å². The number of amides is 1. The molecule has 1 aliphatic heterocycles. The number of aryl methyl sites for hydroxylation is 1. The largest absolute Gasteiger partial charge is 0.461 e. The van der Waals surface area contributed by atoms with Crippen LogP contribution in [0.4, 0.5) is 0 Å². The van der Waals surface area contributed by atoms with Gasteiger partial charge in [0.2, 0.25) is 17.6 Å². The van der Waals surface area contributed by atoms with Gasteiger partial charge in [-0.3, -0.25) is 4.79 Å². The summed E-state index contributed by atoms with van der Waals surface area (Å²) in [7, 11) is 1.63. The van der Waals surface area contributed by atoms with Gasteiger partial charge < -0.3 is 23.7 Å². The number of nitrogens with zero attached hydrogens (tertiary/aromatic N) is 3. The number of furan rings is 1. The van der Waals surface area contributed by atoms with Crippen LogP contribution in [0, 0.1) is 5.92 Å². The molecule has 8 heteroatoms. The van der Waals surface area contributed by atoms with Crippen LogP contribution in [0.1, 0.15) is 32.1 Å². The summed E-state index contributed by atoms with van der Waals surface area (Å²) < 4.78 is 15.5. The molecule has 2 atom stereocenters. The van der Waals surface area contributed by atoms with Gasteiger partial charge in [0.05, 0.1) is 11.9 Å². The quantitative estimate of drug-likeness (QED) is 0.801. The average Bonchev–Trinajstić information content (AvgIpc) is 3.31. The molecule has 0 aliphatic carbocycles.